The van der Waals surface area contributed by atoms with Gasteiger partial charge in [-0.05, 0) is 29.6 Å². The summed E-state index contributed by atoms with van der Waals surface area (Å²) >= 11 is 2.07. The molecule has 0 aromatic heterocycles. The largest absolute Gasteiger partial charge is 0.0975 e. The molecule has 0 amide bonds. The molecule has 0 radical (unpaired) electrons. The van der Waals surface area contributed by atoms with Gasteiger partial charge in [0.15, 0.2) is 0 Å². The third-order valence-corrected chi connectivity index (χ3v) is 9.73. The van der Waals surface area contributed by atoms with Crippen LogP contribution in [0.4, 0.5) is 0 Å². The highest BCUT2D eigenvalue weighted by molar-refractivity contribution is 8.56. The zero-order chi connectivity index (χ0) is 12.4. The van der Waals surface area contributed by atoms with E-state index in [1.165, 1.54) is 4.90 Å². The van der Waals surface area contributed by atoms with Crippen LogP contribution >= 0.6 is 18.5 Å². The fourth-order valence-corrected chi connectivity index (χ4v) is 7.56. The minimum atomic E-state index is -0.102. The van der Waals surface area contributed by atoms with E-state index in [0.29, 0.717) is 10.3 Å². The molecule has 16 heavy (non-hydrogen) atoms. The monoisotopic (exact) mass is 254 g/mol. The molecule has 1 aromatic rings. The van der Waals surface area contributed by atoms with E-state index >= 15 is 0 Å². The molecular formula is C14H23PS. The predicted octanol–water partition coefficient (Wildman–Crippen LogP) is 5.77. The van der Waals surface area contributed by atoms with Crippen LogP contribution in [-0.2, 0) is 0 Å². The van der Waals surface area contributed by atoms with Crippen molar-refractivity contribution in [2.24, 2.45) is 0 Å². The molecule has 0 heterocycles. The lowest BCUT2D eigenvalue weighted by atomic mass is 10.2. The van der Waals surface area contributed by atoms with Crippen LogP contribution in [-0.4, -0.2) is 10.3 Å². The normalized spacial score (nSPS) is 13.2. The Morgan fingerprint density at radius 3 is 1.62 bits per heavy atom. The Morgan fingerprint density at radius 1 is 0.812 bits per heavy atom. The third-order valence-electron chi connectivity index (χ3n) is 2.16. The standard InChI is InChI=1S/C14H23PS/c1-13(2,3)15(14(4,5)6)16-12-10-8-7-9-11-12/h7-11H,1-6H3. The van der Waals surface area contributed by atoms with E-state index in [-0.39, 0.29) is 7.12 Å². The zero-order valence-corrected chi connectivity index (χ0v) is 13.0. The lowest BCUT2D eigenvalue weighted by Gasteiger charge is -2.40. The van der Waals surface area contributed by atoms with E-state index in [4.69, 9.17) is 0 Å². The quantitative estimate of drug-likeness (QED) is 0.603. The van der Waals surface area contributed by atoms with Gasteiger partial charge in [-0.2, -0.15) is 0 Å². The van der Waals surface area contributed by atoms with Gasteiger partial charge in [0.05, 0.1) is 0 Å². The van der Waals surface area contributed by atoms with Gasteiger partial charge in [0, 0.05) is 4.90 Å². The lowest BCUT2D eigenvalue weighted by molar-refractivity contribution is 0.720. The van der Waals surface area contributed by atoms with Gasteiger partial charge >= 0.3 is 0 Å². The van der Waals surface area contributed by atoms with Crippen LogP contribution in [0.3, 0.4) is 0 Å². The minimum absolute atomic E-state index is 0.102. The Morgan fingerprint density at radius 2 is 1.25 bits per heavy atom. The molecule has 0 aliphatic carbocycles. The highest BCUT2D eigenvalue weighted by Crippen LogP contribution is 2.69. The molecule has 0 aliphatic rings. The van der Waals surface area contributed by atoms with E-state index in [2.05, 4.69) is 83.3 Å². The molecule has 0 unspecified atom stereocenters. The lowest BCUT2D eigenvalue weighted by Crippen LogP contribution is -2.22. The topological polar surface area (TPSA) is 0 Å². The predicted molar refractivity (Wildman–Crippen MR) is 78.7 cm³/mol. The number of rotatable bonds is 2. The first-order valence-corrected chi connectivity index (χ1v) is 8.51. The second-order valence-electron chi connectivity index (χ2n) is 6.04. The average molecular weight is 254 g/mol. The summed E-state index contributed by atoms with van der Waals surface area (Å²) in [5, 5.41) is 0.766. The van der Waals surface area contributed by atoms with Gasteiger partial charge < -0.3 is 0 Å². The Labute approximate surface area is 106 Å². The number of hydrogen-bond donors (Lipinski definition) is 0. The van der Waals surface area contributed by atoms with Gasteiger partial charge in [-0.3, -0.25) is 0 Å². The van der Waals surface area contributed by atoms with Gasteiger partial charge in [0.2, 0.25) is 0 Å². The summed E-state index contributed by atoms with van der Waals surface area (Å²) in [5.41, 5.74) is 0. The van der Waals surface area contributed by atoms with Gasteiger partial charge in [-0.1, -0.05) is 71.1 Å². The van der Waals surface area contributed by atoms with Crippen LogP contribution < -0.4 is 0 Å². The molecule has 0 aliphatic heterocycles. The van der Waals surface area contributed by atoms with Crippen molar-refractivity contribution >= 4 is 18.5 Å². The van der Waals surface area contributed by atoms with Gasteiger partial charge in [-0.25, -0.2) is 0 Å². The highest BCUT2D eigenvalue weighted by atomic mass is 32.7. The average Bonchev–Trinajstić information content (AvgIpc) is 2.12. The molecule has 1 aromatic carbocycles. The first-order valence-electron chi connectivity index (χ1n) is 5.74. The summed E-state index contributed by atoms with van der Waals surface area (Å²) in [6.07, 6.45) is 0. The van der Waals surface area contributed by atoms with Gasteiger partial charge in [0.25, 0.3) is 0 Å². The molecule has 0 atom stereocenters. The van der Waals surface area contributed by atoms with Crippen molar-refractivity contribution in [2.75, 3.05) is 0 Å². The molecule has 0 N–H and O–H groups in total. The Hall–Kier alpha value is 0. The minimum Gasteiger partial charge on any atom is -0.0975 e. The zero-order valence-electron chi connectivity index (χ0n) is 11.2. The van der Waals surface area contributed by atoms with Crippen molar-refractivity contribution in [2.45, 2.75) is 56.8 Å². The molecule has 0 fully saturated rings. The van der Waals surface area contributed by atoms with Crippen LogP contribution in [0.2, 0.25) is 0 Å². The molecule has 90 valence electrons. The van der Waals surface area contributed by atoms with Gasteiger partial charge in [-0.15, -0.1) is 0 Å². The maximum atomic E-state index is 2.36. The van der Waals surface area contributed by atoms with Crippen LogP contribution in [0, 0.1) is 0 Å². The van der Waals surface area contributed by atoms with Crippen molar-refractivity contribution in [3.63, 3.8) is 0 Å². The molecule has 0 saturated heterocycles. The maximum Gasteiger partial charge on any atom is 0.0116 e. The van der Waals surface area contributed by atoms with Crippen molar-refractivity contribution < 1.29 is 0 Å². The summed E-state index contributed by atoms with van der Waals surface area (Å²) < 4.78 is 0. The Kier molecular flexibility index (Phi) is 4.49. The number of benzene rings is 1. The molecule has 0 nitrogen and oxygen atoms in total. The molecule has 0 bridgehead atoms. The van der Waals surface area contributed by atoms with Crippen molar-refractivity contribution in [1.82, 2.24) is 0 Å². The highest BCUT2D eigenvalue weighted by Gasteiger charge is 2.35. The summed E-state index contributed by atoms with van der Waals surface area (Å²) in [4.78, 5) is 1.40. The molecule has 2 heteroatoms. The summed E-state index contributed by atoms with van der Waals surface area (Å²) in [7, 11) is -0.102. The maximum absolute atomic E-state index is 2.36. The summed E-state index contributed by atoms with van der Waals surface area (Å²) in [5.74, 6) is 0. The van der Waals surface area contributed by atoms with Crippen molar-refractivity contribution in [3.8, 4) is 0 Å². The second kappa shape index (κ2) is 5.10. The number of hydrogen-bond acceptors (Lipinski definition) is 1. The molecule has 1 rings (SSSR count). The summed E-state index contributed by atoms with van der Waals surface area (Å²) in [6.45, 7) is 14.2. The molecular weight excluding hydrogens is 231 g/mol. The fourth-order valence-electron chi connectivity index (χ4n) is 1.87. The van der Waals surface area contributed by atoms with E-state index < -0.39 is 0 Å². The smallest absolute Gasteiger partial charge is 0.0116 e. The van der Waals surface area contributed by atoms with E-state index in [0.717, 1.165) is 0 Å². The van der Waals surface area contributed by atoms with Gasteiger partial charge in [0.1, 0.15) is 0 Å². The Bertz CT molecular complexity index is 305. The fraction of sp³-hybridized carbons (Fsp3) is 0.571. The van der Waals surface area contributed by atoms with E-state index in [9.17, 15) is 0 Å². The SMILES string of the molecule is CC(C)(C)P(Sc1ccccc1)C(C)(C)C. The Balaban J connectivity index is 2.89. The van der Waals surface area contributed by atoms with Crippen LogP contribution in [0.25, 0.3) is 0 Å². The molecule has 0 spiro atoms. The second-order valence-corrected chi connectivity index (χ2v) is 11.6. The van der Waals surface area contributed by atoms with Crippen LogP contribution in [0.1, 0.15) is 41.5 Å². The van der Waals surface area contributed by atoms with Crippen LogP contribution in [0.5, 0.6) is 0 Å². The van der Waals surface area contributed by atoms with E-state index in [1.807, 2.05) is 0 Å². The first-order chi connectivity index (χ1) is 7.21. The summed E-state index contributed by atoms with van der Waals surface area (Å²) in [6, 6.07) is 10.8. The van der Waals surface area contributed by atoms with E-state index in [1.54, 1.807) is 0 Å². The molecule has 0 saturated carbocycles. The third kappa shape index (κ3) is 4.11. The first kappa shape index (κ1) is 14.1. The van der Waals surface area contributed by atoms with Crippen LogP contribution in [0.15, 0.2) is 35.2 Å². The van der Waals surface area contributed by atoms with Crippen molar-refractivity contribution in [1.29, 1.82) is 0 Å². The van der Waals surface area contributed by atoms with Crippen molar-refractivity contribution in [3.05, 3.63) is 30.3 Å².